The predicted octanol–water partition coefficient (Wildman–Crippen LogP) is 3.28. The van der Waals surface area contributed by atoms with Crippen molar-refractivity contribution in [2.24, 2.45) is 0 Å². The number of ether oxygens (including phenoxy) is 1. The van der Waals surface area contributed by atoms with E-state index in [-0.39, 0.29) is 0 Å². The zero-order valence-electron chi connectivity index (χ0n) is 13.9. The van der Waals surface area contributed by atoms with Crippen LogP contribution in [0.1, 0.15) is 44.0 Å². The van der Waals surface area contributed by atoms with Crippen LogP contribution in [0.5, 0.6) is 11.5 Å². The first kappa shape index (κ1) is 15.5. The minimum absolute atomic E-state index is 0.303. The summed E-state index contributed by atoms with van der Waals surface area (Å²) in [5.41, 5.74) is 7.00. The van der Waals surface area contributed by atoms with Gasteiger partial charge in [0, 0.05) is 30.9 Å². The molecule has 1 aliphatic rings. The number of nitrogens with two attached hydrogens (primary N) is 1. The topological polar surface area (TPSA) is 77.2 Å². The molecule has 122 valence electrons. The third-order valence-electron chi connectivity index (χ3n) is 4.06. The Morgan fingerprint density at radius 2 is 1.87 bits per heavy atom. The highest BCUT2D eigenvalue weighted by atomic mass is 16.5. The van der Waals surface area contributed by atoms with Crippen LogP contribution in [0, 0.1) is 6.92 Å². The zero-order chi connectivity index (χ0) is 16.4. The van der Waals surface area contributed by atoms with E-state index in [2.05, 4.69) is 33.7 Å². The Kier molecular flexibility index (Phi) is 4.32. The van der Waals surface area contributed by atoms with Crippen molar-refractivity contribution in [1.29, 1.82) is 0 Å². The Hall–Kier alpha value is -2.37. The number of aryl methyl sites for hydroxylation is 1. The summed E-state index contributed by atoms with van der Waals surface area (Å²) in [6, 6.07) is 2.00. The second-order valence-electron chi connectivity index (χ2n) is 6.20. The fourth-order valence-corrected chi connectivity index (χ4v) is 2.75. The summed E-state index contributed by atoms with van der Waals surface area (Å²) in [6.07, 6.45) is 5.95. The molecule has 0 amide bonds. The van der Waals surface area contributed by atoms with Crippen LogP contribution in [-0.4, -0.2) is 28.0 Å². The number of hydrogen-bond donors (Lipinski definition) is 1. The lowest BCUT2D eigenvalue weighted by atomic mass is 10.0. The highest BCUT2D eigenvalue weighted by Gasteiger charge is 2.18. The summed E-state index contributed by atoms with van der Waals surface area (Å²) in [5, 5.41) is 0. The first-order valence-corrected chi connectivity index (χ1v) is 8.06. The Balaban J connectivity index is 1.95. The van der Waals surface area contributed by atoms with Gasteiger partial charge in [0.25, 0.3) is 0 Å². The molecule has 0 atom stereocenters. The molecule has 0 spiro atoms. The van der Waals surface area contributed by atoms with Crippen molar-refractivity contribution in [3.8, 4) is 11.5 Å². The van der Waals surface area contributed by atoms with E-state index < -0.39 is 0 Å². The third-order valence-corrected chi connectivity index (χ3v) is 4.06. The van der Waals surface area contributed by atoms with Gasteiger partial charge in [0.15, 0.2) is 11.6 Å². The van der Waals surface area contributed by atoms with Crippen molar-refractivity contribution in [2.45, 2.75) is 39.5 Å². The van der Waals surface area contributed by atoms with Crippen molar-refractivity contribution >= 4 is 11.6 Å². The lowest BCUT2D eigenvalue weighted by Gasteiger charge is -2.20. The van der Waals surface area contributed by atoms with Gasteiger partial charge in [0.1, 0.15) is 17.4 Å². The smallest absolute Gasteiger partial charge is 0.187 e. The first-order chi connectivity index (χ1) is 11.0. The minimum atomic E-state index is 0.303. The lowest BCUT2D eigenvalue weighted by molar-refractivity contribution is 0.469. The molecule has 2 aromatic heterocycles. The van der Waals surface area contributed by atoms with Crippen molar-refractivity contribution in [3.63, 3.8) is 0 Å². The highest BCUT2D eigenvalue weighted by Crippen LogP contribution is 2.34. The number of rotatable bonds is 4. The summed E-state index contributed by atoms with van der Waals surface area (Å²) in [6.45, 7) is 8.13. The SMILES string of the molecule is Cc1ncc(Oc2cc(N3CCCC3)ncc2C(C)C)c(N)n1. The van der Waals surface area contributed by atoms with E-state index in [1.165, 1.54) is 12.8 Å². The molecule has 0 unspecified atom stereocenters. The van der Waals surface area contributed by atoms with Crippen molar-refractivity contribution < 1.29 is 4.74 Å². The van der Waals surface area contributed by atoms with E-state index >= 15 is 0 Å². The Morgan fingerprint density at radius 3 is 2.52 bits per heavy atom. The standard InChI is InChI=1S/C17H23N5O/c1-11(2)13-9-20-16(22-6-4-5-7-22)8-14(13)23-15-10-19-12(3)21-17(15)18/h8-11H,4-7H2,1-3H3,(H2,18,19,21). The Labute approximate surface area is 136 Å². The second-order valence-corrected chi connectivity index (χ2v) is 6.20. The lowest BCUT2D eigenvalue weighted by Crippen LogP contribution is -2.19. The molecule has 0 radical (unpaired) electrons. The van der Waals surface area contributed by atoms with Gasteiger partial charge in [-0.25, -0.2) is 15.0 Å². The van der Waals surface area contributed by atoms with Gasteiger partial charge >= 0.3 is 0 Å². The predicted molar refractivity (Wildman–Crippen MR) is 91.0 cm³/mol. The maximum absolute atomic E-state index is 6.04. The molecule has 2 N–H and O–H groups in total. The highest BCUT2D eigenvalue weighted by molar-refractivity contribution is 5.52. The molecule has 6 nitrogen and oxygen atoms in total. The van der Waals surface area contributed by atoms with Crippen LogP contribution in [0.4, 0.5) is 11.6 Å². The van der Waals surface area contributed by atoms with Crippen LogP contribution < -0.4 is 15.4 Å². The molecule has 1 fully saturated rings. The van der Waals surface area contributed by atoms with E-state index in [1.54, 1.807) is 13.1 Å². The van der Waals surface area contributed by atoms with Crippen LogP contribution in [0.3, 0.4) is 0 Å². The zero-order valence-corrected chi connectivity index (χ0v) is 13.9. The molecule has 0 saturated carbocycles. The van der Waals surface area contributed by atoms with Gasteiger partial charge in [0.05, 0.1) is 6.20 Å². The van der Waals surface area contributed by atoms with Crippen molar-refractivity contribution in [1.82, 2.24) is 15.0 Å². The van der Waals surface area contributed by atoms with E-state index in [0.29, 0.717) is 23.3 Å². The third kappa shape index (κ3) is 3.36. The fraction of sp³-hybridized carbons (Fsp3) is 0.471. The molecule has 3 heterocycles. The van der Waals surface area contributed by atoms with Crippen LogP contribution >= 0.6 is 0 Å². The van der Waals surface area contributed by atoms with E-state index in [0.717, 1.165) is 30.2 Å². The first-order valence-electron chi connectivity index (χ1n) is 8.06. The molecule has 2 aromatic rings. The van der Waals surface area contributed by atoms with Gasteiger partial charge in [-0.3, -0.25) is 0 Å². The number of aromatic nitrogens is 3. The molecule has 6 heteroatoms. The number of anilines is 2. The maximum Gasteiger partial charge on any atom is 0.187 e. The van der Waals surface area contributed by atoms with Crippen LogP contribution in [0.25, 0.3) is 0 Å². The van der Waals surface area contributed by atoms with Crippen LogP contribution in [-0.2, 0) is 0 Å². The molecule has 0 aliphatic carbocycles. The average Bonchev–Trinajstić information content (AvgIpc) is 3.04. The molecule has 3 rings (SSSR count). The van der Waals surface area contributed by atoms with E-state index in [4.69, 9.17) is 10.5 Å². The quantitative estimate of drug-likeness (QED) is 0.933. The number of pyridine rings is 1. The summed E-state index contributed by atoms with van der Waals surface area (Å²) >= 11 is 0. The monoisotopic (exact) mass is 313 g/mol. The number of nitrogens with zero attached hydrogens (tertiary/aromatic N) is 4. The van der Waals surface area contributed by atoms with Crippen LogP contribution in [0.15, 0.2) is 18.5 Å². The molecular weight excluding hydrogens is 290 g/mol. The maximum atomic E-state index is 6.04. The summed E-state index contributed by atoms with van der Waals surface area (Å²) in [7, 11) is 0. The molecule has 1 saturated heterocycles. The van der Waals surface area contributed by atoms with Crippen molar-refractivity contribution in [3.05, 3.63) is 29.8 Å². The average molecular weight is 313 g/mol. The Morgan fingerprint density at radius 1 is 1.13 bits per heavy atom. The van der Waals surface area contributed by atoms with Gasteiger partial charge < -0.3 is 15.4 Å². The Bertz CT molecular complexity index is 695. The normalized spacial score (nSPS) is 14.5. The summed E-state index contributed by atoms with van der Waals surface area (Å²) in [5.74, 6) is 3.50. The second kappa shape index (κ2) is 6.40. The van der Waals surface area contributed by atoms with E-state index in [1.807, 2.05) is 12.3 Å². The minimum Gasteiger partial charge on any atom is -0.451 e. The van der Waals surface area contributed by atoms with Gasteiger partial charge in [0.2, 0.25) is 0 Å². The van der Waals surface area contributed by atoms with Crippen molar-refractivity contribution in [2.75, 3.05) is 23.7 Å². The fourth-order valence-electron chi connectivity index (χ4n) is 2.75. The number of nitrogen functional groups attached to an aromatic ring is 1. The largest absolute Gasteiger partial charge is 0.451 e. The van der Waals surface area contributed by atoms with Crippen LogP contribution in [0.2, 0.25) is 0 Å². The van der Waals surface area contributed by atoms with Gasteiger partial charge in [-0.1, -0.05) is 13.8 Å². The van der Waals surface area contributed by atoms with E-state index in [9.17, 15) is 0 Å². The molecule has 0 aromatic carbocycles. The molecule has 23 heavy (non-hydrogen) atoms. The molecule has 1 aliphatic heterocycles. The summed E-state index contributed by atoms with van der Waals surface area (Å²) in [4.78, 5) is 15.2. The molecule has 0 bridgehead atoms. The molecular formula is C17H23N5O. The van der Waals surface area contributed by atoms with Gasteiger partial charge in [-0.05, 0) is 25.7 Å². The summed E-state index contributed by atoms with van der Waals surface area (Å²) < 4.78 is 6.04. The number of hydrogen-bond acceptors (Lipinski definition) is 6. The van der Waals surface area contributed by atoms with Gasteiger partial charge in [-0.15, -0.1) is 0 Å². The van der Waals surface area contributed by atoms with Gasteiger partial charge in [-0.2, -0.15) is 0 Å².